The van der Waals surface area contributed by atoms with Crippen LogP contribution in [0.2, 0.25) is 0 Å². The Labute approximate surface area is 155 Å². The van der Waals surface area contributed by atoms with Gasteiger partial charge in [0, 0.05) is 36.9 Å². The van der Waals surface area contributed by atoms with Crippen LogP contribution in [0.1, 0.15) is 52.1 Å². The number of aliphatic carboxylic acids is 1. The fraction of sp³-hybridized carbons (Fsp3) is 0.684. The summed E-state index contributed by atoms with van der Waals surface area (Å²) in [5, 5.41) is 12.1. The zero-order chi connectivity index (χ0) is 19.3. The lowest BCUT2D eigenvalue weighted by Gasteiger charge is -2.34. The Hall–Kier alpha value is -2.18. The molecule has 2 N–H and O–H groups in total. The Morgan fingerprint density at radius 1 is 1.35 bits per heavy atom. The smallest absolute Gasteiger partial charge is 0.317 e. The third kappa shape index (κ3) is 5.68. The number of rotatable bonds is 5. The van der Waals surface area contributed by atoms with E-state index in [-0.39, 0.29) is 23.9 Å². The summed E-state index contributed by atoms with van der Waals surface area (Å²) in [5.41, 5.74) is 0.882. The van der Waals surface area contributed by atoms with Gasteiger partial charge >= 0.3 is 12.0 Å². The number of nitrogens with one attached hydrogen (secondary N) is 1. The molecule has 0 radical (unpaired) electrons. The molecule has 0 aliphatic carbocycles. The van der Waals surface area contributed by atoms with E-state index in [0.717, 1.165) is 24.4 Å². The molecule has 1 fully saturated rings. The molecule has 2 heterocycles. The predicted molar refractivity (Wildman–Crippen MR) is 98.9 cm³/mol. The Bertz CT molecular complexity index is 642. The number of hydrogen-bond donors (Lipinski definition) is 2. The van der Waals surface area contributed by atoms with Crippen LogP contribution in [0, 0.1) is 11.8 Å². The van der Waals surface area contributed by atoms with E-state index in [1.165, 1.54) is 0 Å². The molecule has 2 atom stereocenters. The van der Waals surface area contributed by atoms with E-state index in [1.54, 1.807) is 11.1 Å². The molecular formula is C19H30N4O3. The summed E-state index contributed by atoms with van der Waals surface area (Å²) >= 11 is 0. The number of carbonyl (C=O) groups excluding carboxylic acids is 1. The molecule has 2 amide bonds. The molecule has 26 heavy (non-hydrogen) atoms. The number of piperidine rings is 1. The molecule has 1 aromatic heterocycles. The number of aromatic nitrogens is 2. The number of likely N-dealkylation sites (tertiary alicyclic amines) is 1. The fourth-order valence-corrected chi connectivity index (χ4v) is 3.17. The van der Waals surface area contributed by atoms with Gasteiger partial charge in [0.25, 0.3) is 0 Å². The van der Waals surface area contributed by atoms with Crippen LogP contribution in [-0.4, -0.2) is 51.6 Å². The first kappa shape index (κ1) is 20.1. The standard InChI is InChI=1S/C19H30N4O3/c1-13-10-14(16(24)25)12-23(11-13)18(26)21-8-5-6-15-7-9-20-17(22-15)19(2,3)4/h7,9,13-14H,5-6,8,10-12H2,1-4H3,(H,21,26)(H,24,25). The van der Waals surface area contributed by atoms with Crippen LogP contribution < -0.4 is 5.32 Å². The Morgan fingerprint density at radius 3 is 2.73 bits per heavy atom. The first-order valence-electron chi connectivity index (χ1n) is 9.25. The van der Waals surface area contributed by atoms with Gasteiger partial charge in [-0.1, -0.05) is 27.7 Å². The minimum absolute atomic E-state index is 0.0874. The van der Waals surface area contributed by atoms with Gasteiger partial charge in [-0.3, -0.25) is 4.79 Å². The zero-order valence-corrected chi connectivity index (χ0v) is 16.2. The molecule has 144 valence electrons. The Balaban J connectivity index is 1.79. The van der Waals surface area contributed by atoms with Crippen molar-refractivity contribution in [3.63, 3.8) is 0 Å². The lowest BCUT2D eigenvalue weighted by molar-refractivity contribution is -0.143. The molecule has 2 unspecified atom stereocenters. The van der Waals surface area contributed by atoms with Gasteiger partial charge in [0.1, 0.15) is 5.82 Å². The van der Waals surface area contributed by atoms with E-state index < -0.39 is 11.9 Å². The monoisotopic (exact) mass is 362 g/mol. The van der Waals surface area contributed by atoms with Gasteiger partial charge in [0.2, 0.25) is 0 Å². The maximum absolute atomic E-state index is 12.3. The third-order valence-corrected chi connectivity index (χ3v) is 4.57. The second kappa shape index (κ2) is 8.47. The number of carboxylic acid groups (broad SMARTS) is 1. The van der Waals surface area contributed by atoms with Crippen molar-refractivity contribution in [2.24, 2.45) is 11.8 Å². The fourth-order valence-electron chi connectivity index (χ4n) is 3.17. The molecule has 1 saturated heterocycles. The third-order valence-electron chi connectivity index (χ3n) is 4.57. The van der Waals surface area contributed by atoms with Crippen LogP contribution >= 0.6 is 0 Å². The number of urea groups is 1. The van der Waals surface area contributed by atoms with Gasteiger partial charge in [-0.25, -0.2) is 14.8 Å². The van der Waals surface area contributed by atoms with E-state index in [2.05, 4.69) is 36.1 Å². The number of hydrogen-bond acceptors (Lipinski definition) is 4. The van der Waals surface area contributed by atoms with Crippen LogP contribution in [-0.2, 0) is 16.6 Å². The number of amides is 2. The lowest BCUT2D eigenvalue weighted by Crippen LogP contribution is -2.49. The van der Waals surface area contributed by atoms with Crippen molar-refractivity contribution >= 4 is 12.0 Å². The maximum Gasteiger partial charge on any atom is 0.317 e. The number of carboxylic acids is 1. The van der Waals surface area contributed by atoms with Crippen LogP contribution in [0.3, 0.4) is 0 Å². The Kier molecular flexibility index (Phi) is 6.56. The van der Waals surface area contributed by atoms with Gasteiger partial charge < -0.3 is 15.3 Å². The van der Waals surface area contributed by atoms with Gasteiger partial charge in [0.15, 0.2) is 0 Å². The minimum Gasteiger partial charge on any atom is -0.481 e. The molecule has 2 rings (SSSR count). The normalized spacial score (nSPS) is 20.7. The molecule has 0 saturated carbocycles. The molecule has 1 aliphatic rings. The lowest BCUT2D eigenvalue weighted by atomic mass is 9.91. The summed E-state index contributed by atoms with van der Waals surface area (Å²) in [6.07, 6.45) is 3.95. The van der Waals surface area contributed by atoms with E-state index in [4.69, 9.17) is 0 Å². The van der Waals surface area contributed by atoms with Gasteiger partial charge in [-0.05, 0) is 31.2 Å². The van der Waals surface area contributed by atoms with Crippen LogP contribution in [0.4, 0.5) is 4.79 Å². The molecular weight excluding hydrogens is 332 g/mol. The second-order valence-electron chi connectivity index (χ2n) is 8.24. The van der Waals surface area contributed by atoms with Crippen molar-refractivity contribution in [3.8, 4) is 0 Å². The highest BCUT2D eigenvalue weighted by atomic mass is 16.4. The van der Waals surface area contributed by atoms with E-state index >= 15 is 0 Å². The molecule has 0 aromatic carbocycles. The number of nitrogens with zero attached hydrogens (tertiary/aromatic N) is 3. The van der Waals surface area contributed by atoms with Gasteiger partial charge in [-0.15, -0.1) is 0 Å². The highest BCUT2D eigenvalue weighted by Gasteiger charge is 2.31. The summed E-state index contributed by atoms with van der Waals surface area (Å²) in [6, 6.07) is 1.72. The minimum atomic E-state index is -0.826. The molecule has 7 nitrogen and oxygen atoms in total. The zero-order valence-electron chi connectivity index (χ0n) is 16.2. The topological polar surface area (TPSA) is 95.4 Å². The highest BCUT2D eigenvalue weighted by Crippen LogP contribution is 2.22. The van der Waals surface area contributed by atoms with Gasteiger partial charge in [0.05, 0.1) is 5.92 Å². The summed E-state index contributed by atoms with van der Waals surface area (Å²) < 4.78 is 0. The molecule has 7 heteroatoms. The molecule has 0 spiro atoms. The Morgan fingerprint density at radius 2 is 2.08 bits per heavy atom. The van der Waals surface area contributed by atoms with Crippen LogP contribution in [0.15, 0.2) is 12.3 Å². The molecule has 1 aliphatic heterocycles. The summed E-state index contributed by atoms with van der Waals surface area (Å²) in [5.74, 6) is -0.275. The van der Waals surface area contributed by atoms with Crippen LogP contribution in [0.25, 0.3) is 0 Å². The molecule has 1 aromatic rings. The molecule has 0 bridgehead atoms. The number of carbonyl (C=O) groups is 2. The first-order valence-corrected chi connectivity index (χ1v) is 9.25. The van der Waals surface area contributed by atoms with Crippen molar-refractivity contribution in [3.05, 3.63) is 23.8 Å². The summed E-state index contributed by atoms with van der Waals surface area (Å²) in [4.78, 5) is 34.0. The predicted octanol–water partition coefficient (Wildman–Crippen LogP) is 2.46. The van der Waals surface area contributed by atoms with E-state index in [9.17, 15) is 14.7 Å². The van der Waals surface area contributed by atoms with E-state index in [0.29, 0.717) is 19.5 Å². The largest absolute Gasteiger partial charge is 0.481 e. The van der Waals surface area contributed by atoms with Crippen molar-refractivity contribution < 1.29 is 14.7 Å². The summed E-state index contributed by atoms with van der Waals surface area (Å²) in [6.45, 7) is 9.65. The average molecular weight is 362 g/mol. The average Bonchev–Trinajstić information content (AvgIpc) is 2.57. The SMILES string of the molecule is CC1CC(C(=O)O)CN(C(=O)NCCCc2ccnc(C(C)(C)C)n2)C1. The van der Waals surface area contributed by atoms with Gasteiger partial charge in [-0.2, -0.15) is 0 Å². The summed E-state index contributed by atoms with van der Waals surface area (Å²) in [7, 11) is 0. The highest BCUT2D eigenvalue weighted by molar-refractivity contribution is 5.76. The van der Waals surface area contributed by atoms with Crippen molar-refractivity contribution in [2.75, 3.05) is 19.6 Å². The first-order chi connectivity index (χ1) is 12.2. The van der Waals surface area contributed by atoms with E-state index in [1.807, 2.05) is 13.0 Å². The quantitative estimate of drug-likeness (QED) is 0.785. The van der Waals surface area contributed by atoms with Crippen LogP contribution in [0.5, 0.6) is 0 Å². The van der Waals surface area contributed by atoms with Crippen molar-refractivity contribution in [2.45, 2.75) is 52.4 Å². The van der Waals surface area contributed by atoms with Crippen molar-refractivity contribution in [1.82, 2.24) is 20.2 Å². The maximum atomic E-state index is 12.3. The second-order valence-corrected chi connectivity index (χ2v) is 8.24. The number of aryl methyl sites for hydroxylation is 1. The van der Waals surface area contributed by atoms with Crippen molar-refractivity contribution in [1.29, 1.82) is 0 Å².